The number of esters is 3. The molecule has 0 aromatic rings. The van der Waals surface area contributed by atoms with Crippen molar-refractivity contribution in [3.8, 4) is 0 Å². The number of unbranched alkanes of at least 4 members (excludes halogenated alkanes) is 32. The summed E-state index contributed by atoms with van der Waals surface area (Å²) in [6.45, 7) is 5.93. The van der Waals surface area contributed by atoms with E-state index in [1.165, 1.54) is 109 Å². The molecule has 6 unspecified atom stereocenters. The Morgan fingerprint density at radius 3 is 1.23 bits per heavy atom. The number of allylic oxidation sites excluding steroid dienone is 8. The molecule has 1 aliphatic heterocycles. The van der Waals surface area contributed by atoms with E-state index in [9.17, 15) is 34.5 Å². The molecule has 6 atom stereocenters. The van der Waals surface area contributed by atoms with Gasteiger partial charge in [0.25, 0.3) is 0 Å². The second kappa shape index (κ2) is 53.3. The molecule has 0 amide bonds. The number of rotatable bonds is 54. The maximum atomic E-state index is 13.1. The van der Waals surface area contributed by atoms with Gasteiger partial charge in [-0.2, -0.15) is 0 Å². The number of carboxylic acids is 1. The summed E-state index contributed by atoms with van der Waals surface area (Å²) in [5.41, 5.74) is 0. The van der Waals surface area contributed by atoms with Crippen molar-refractivity contribution in [1.82, 2.24) is 0 Å². The van der Waals surface area contributed by atoms with E-state index in [1.807, 2.05) is 0 Å². The Morgan fingerprint density at radius 2 is 0.805 bits per heavy atom. The van der Waals surface area contributed by atoms with E-state index in [4.69, 9.17) is 23.7 Å². The topological polar surface area (TPSA) is 175 Å². The molecule has 77 heavy (non-hydrogen) atoms. The minimum absolute atomic E-state index is 0.0573. The molecule has 0 radical (unpaired) electrons. The summed E-state index contributed by atoms with van der Waals surface area (Å²) in [6.07, 6.45) is 52.2. The molecule has 12 heteroatoms. The van der Waals surface area contributed by atoms with Gasteiger partial charge in [-0.15, -0.1) is 0 Å². The van der Waals surface area contributed by atoms with E-state index in [1.54, 1.807) is 0 Å². The first-order valence-corrected chi connectivity index (χ1v) is 31.6. The zero-order valence-corrected chi connectivity index (χ0v) is 49.2. The Balaban J connectivity index is 2.65. The molecule has 3 N–H and O–H groups in total. The van der Waals surface area contributed by atoms with Gasteiger partial charge in [0, 0.05) is 19.3 Å². The van der Waals surface area contributed by atoms with Crippen LogP contribution in [0.15, 0.2) is 48.6 Å². The van der Waals surface area contributed by atoms with Crippen LogP contribution in [0.5, 0.6) is 0 Å². The lowest BCUT2D eigenvalue weighted by atomic mass is 9.98. The predicted octanol–water partition coefficient (Wildman–Crippen LogP) is 16.6. The van der Waals surface area contributed by atoms with Crippen molar-refractivity contribution < 1.29 is 58.2 Å². The second-order valence-electron chi connectivity index (χ2n) is 21.7. The second-order valence-corrected chi connectivity index (χ2v) is 21.7. The van der Waals surface area contributed by atoms with E-state index < -0.39 is 67.3 Å². The normalized spacial score (nSPS) is 18.3. The summed E-state index contributed by atoms with van der Waals surface area (Å²) in [5.74, 6) is -3.13. The standard InChI is InChI=1S/C65H114O12/c1-4-7-10-13-16-19-22-25-27-28-29-30-32-35-38-41-44-47-50-53-59(68)76-63-61(70)60(69)62(64(71)72)77-65(63)74-55-56(75-58(67)52-49-46-43-40-37-33-24-21-18-15-12-9-6-3)54-73-57(66)51-48-45-42-39-36-34-31-26-23-20-17-14-11-8-5-2/h12,15,21,24-27,31,56,60-63,65,69-70H,4-11,13-14,16-20,22-23,28-30,32-55H2,1-3H3,(H,71,72)/b15-12-,24-21-,27-25-,31-26-. The molecule has 1 heterocycles. The van der Waals surface area contributed by atoms with Crippen molar-refractivity contribution in [3.05, 3.63) is 48.6 Å². The number of hydrogen-bond donors (Lipinski definition) is 3. The molecule has 0 saturated carbocycles. The third-order valence-corrected chi connectivity index (χ3v) is 14.3. The van der Waals surface area contributed by atoms with Crippen LogP contribution in [-0.2, 0) is 42.9 Å². The highest BCUT2D eigenvalue weighted by Crippen LogP contribution is 2.27. The van der Waals surface area contributed by atoms with Gasteiger partial charge in [-0.1, -0.05) is 223 Å². The van der Waals surface area contributed by atoms with Gasteiger partial charge in [-0.3, -0.25) is 14.4 Å². The first kappa shape index (κ1) is 71.7. The average molecular weight is 1090 g/mol. The fraction of sp³-hybridized carbons (Fsp3) is 0.815. The van der Waals surface area contributed by atoms with Crippen molar-refractivity contribution in [2.75, 3.05) is 13.2 Å². The minimum Gasteiger partial charge on any atom is -0.479 e. The molecule has 446 valence electrons. The van der Waals surface area contributed by atoms with E-state index in [2.05, 4.69) is 69.4 Å². The molecule has 1 saturated heterocycles. The largest absolute Gasteiger partial charge is 0.479 e. The van der Waals surface area contributed by atoms with E-state index in [0.717, 1.165) is 122 Å². The number of ether oxygens (including phenoxy) is 5. The van der Waals surface area contributed by atoms with Crippen LogP contribution in [0.25, 0.3) is 0 Å². The number of carbonyl (C=O) groups excluding carboxylic acids is 3. The van der Waals surface area contributed by atoms with Gasteiger partial charge in [-0.05, 0) is 96.3 Å². The zero-order valence-electron chi connectivity index (χ0n) is 49.2. The summed E-state index contributed by atoms with van der Waals surface area (Å²) in [5, 5.41) is 31.5. The number of aliphatic hydroxyl groups is 2. The molecule has 1 fully saturated rings. The molecule has 12 nitrogen and oxygen atoms in total. The summed E-state index contributed by atoms with van der Waals surface area (Å²) in [6, 6.07) is 0. The smallest absolute Gasteiger partial charge is 0.335 e. The van der Waals surface area contributed by atoms with E-state index in [0.29, 0.717) is 19.3 Å². The lowest BCUT2D eigenvalue weighted by Crippen LogP contribution is -2.61. The molecule has 0 aromatic carbocycles. The highest BCUT2D eigenvalue weighted by molar-refractivity contribution is 5.74. The maximum absolute atomic E-state index is 13.1. The summed E-state index contributed by atoms with van der Waals surface area (Å²) in [4.78, 5) is 51.2. The Hall–Kier alpha value is -3.32. The van der Waals surface area contributed by atoms with Gasteiger partial charge >= 0.3 is 23.9 Å². The van der Waals surface area contributed by atoms with Gasteiger partial charge < -0.3 is 39.0 Å². The average Bonchev–Trinajstić information content (AvgIpc) is 3.42. The van der Waals surface area contributed by atoms with Crippen molar-refractivity contribution in [2.45, 2.75) is 327 Å². The number of hydrogen-bond acceptors (Lipinski definition) is 11. The van der Waals surface area contributed by atoms with Gasteiger partial charge in [0.15, 0.2) is 24.6 Å². The SMILES string of the molecule is CCC/C=C\C/C=C\CCCCCCCC(=O)OC(COC(=O)CCCCCCC/C=C\CCCCCCCC)COC1OC(C(=O)O)C(O)C(O)C1OC(=O)CCCCCCCCCCC/C=C\CCCCCCCC. The van der Waals surface area contributed by atoms with Crippen LogP contribution in [0, 0.1) is 0 Å². The lowest BCUT2D eigenvalue weighted by molar-refractivity contribution is -0.301. The molecular formula is C65H114O12. The number of aliphatic carboxylic acids is 1. The third kappa shape index (κ3) is 43.2. The monoisotopic (exact) mass is 1090 g/mol. The van der Waals surface area contributed by atoms with Crippen LogP contribution >= 0.6 is 0 Å². The fourth-order valence-electron chi connectivity index (χ4n) is 9.45. The van der Waals surface area contributed by atoms with E-state index >= 15 is 0 Å². The van der Waals surface area contributed by atoms with Gasteiger partial charge in [0.05, 0.1) is 6.61 Å². The van der Waals surface area contributed by atoms with Crippen LogP contribution in [0.2, 0.25) is 0 Å². The van der Waals surface area contributed by atoms with Crippen molar-refractivity contribution in [1.29, 1.82) is 0 Å². The first-order chi connectivity index (χ1) is 37.6. The highest BCUT2D eigenvalue weighted by atomic mass is 16.7. The Bertz CT molecular complexity index is 1520. The number of carboxylic acid groups (broad SMARTS) is 1. The van der Waals surface area contributed by atoms with E-state index in [-0.39, 0.29) is 25.9 Å². The zero-order chi connectivity index (χ0) is 56.1. The molecule has 0 aromatic heterocycles. The Kier molecular flexibility index (Phi) is 49.7. The van der Waals surface area contributed by atoms with Crippen LogP contribution in [0.4, 0.5) is 0 Å². The minimum atomic E-state index is -1.91. The third-order valence-electron chi connectivity index (χ3n) is 14.3. The van der Waals surface area contributed by atoms with Crippen LogP contribution < -0.4 is 0 Å². The molecule has 0 bridgehead atoms. The van der Waals surface area contributed by atoms with Gasteiger partial charge in [0.1, 0.15) is 18.8 Å². The van der Waals surface area contributed by atoms with Crippen LogP contribution in [0.1, 0.15) is 290 Å². The molecule has 0 aliphatic carbocycles. The molecular weight excluding hydrogens is 973 g/mol. The number of aliphatic hydroxyl groups excluding tert-OH is 2. The summed E-state index contributed by atoms with van der Waals surface area (Å²) in [7, 11) is 0. The lowest BCUT2D eigenvalue weighted by Gasteiger charge is -2.40. The molecule has 1 aliphatic rings. The Labute approximate surface area is 469 Å². The van der Waals surface area contributed by atoms with Gasteiger partial charge in [0.2, 0.25) is 0 Å². The first-order valence-electron chi connectivity index (χ1n) is 31.6. The fourth-order valence-corrected chi connectivity index (χ4v) is 9.45. The van der Waals surface area contributed by atoms with Crippen LogP contribution in [-0.4, -0.2) is 89.2 Å². The van der Waals surface area contributed by atoms with Crippen molar-refractivity contribution in [2.24, 2.45) is 0 Å². The predicted molar refractivity (Wildman–Crippen MR) is 312 cm³/mol. The van der Waals surface area contributed by atoms with Crippen LogP contribution in [0.3, 0.4) is 0 Å². The Morgan fingerprint density at radius 1 is 0.429 bits per heavy atom. The quantitative estimate of drug-likeness (QED) is 0.0228. The summed E-state index contributed by atoms with van der Waals surface area (Å²) < 4.78 is 28.5. The molecule has 0 spiro atoms. The number of carbonyl (C=O) groups is 4. The van der Waals surface area contributed by atoms with Crippen molar-refractivity contribution in [3.63, 3.8) is 0 Å². The van der Waals surface area contributed by atoms with Gasteiger partial charge in [-0.25, -0.2) is 4.79 Å². The summed E-state index contributed by atoms with van der Waals surface area (Å²) >= 11 is 0. The highest BCUT2D eigenvalue weighted by Gasteiger charge is 2.50. The molecule has 1 rings (SSSR count). The van der Waals surface area contributed by atoms with Crippen molar-refractivity contribution >= 4 is 23.9 Å². The maximum Gasteiger partial charge on any atom is 0.335 e.